The maximum absolute atomic E-state index is 12.0. The number of anilines is 1. The lowest BCUT2D eigenvalue weighted by Crippen LogP contribution is -2.35. The van der Waals surface area contributed by atoms with Crippen molar-refractivity contribution in [3.8, 4) is 5.75 Å². The summed E-state index contributed by atoms with van der Waals surface area (Å²) in [7, 11) is -0.452. The number of nitrogens with zero attached hydrogens (tertiary/aromatic N) is 1. The minimum absolute atomic E-state index is 0.0509. The number of rotatable bonds is 10. The molecule has 0 unspecified atom stereocenters. The van der Waals surface area contributed by atoms with Crippen LogP contribution in [0, 0.1) is 0 Å². The van der Waals surface area contributed by atoms with Crippen molar-refractivity contribution in [2.75, 3.05) is 44.5 Å². The second kappa shape index (κ2) is 9.36. The van der Waals surface area contributed by atoms with E-state index in [1.807, 2.05) is 0 Å². The molecule has 0 spiro atoms. The van der Waals surface area contributed by atoms with Crippen LogP contribution in [0.1, 0.15) is 12.8 Å². The molecule has 0 saturated carbocycles. The molecule has 0 atom stereocenters. The van der Waals surface area contributed by atoms with Crippen LogP contribution >= 0.6 is 0 Å². The number of para-hydroxylation sites is 2. The van der Waals surface area contributed by atoms with Gasteiger partial charge in [-0.1, -0.05) is 12.1 Å². The molecule has 0 aliphatic heterocycles. The molecule has 1 aromatic rings. The number of hydrogen-bond donors (Lipinski definition) is 1. The van der Waals surface area contributed by atoms with E-state index in [0.29, 0.717) is 31.0 Å². The molecule has 1 N–H and O–H groups in total. The highest BCUT2D eigenvalue weighted by atomic mass is 32.2. The van der Waals surface area contributed by atoms with Crippen molar-refractivity contribution < 1.29 is 22.7 Å². The lowest BCUT2D eigenvalue weighted by atomic mass is 10.3. The SMILES string of the molecule is COCCCNC(=O)CCN(c1ccccc1OC)S(C)(=O)=O. The second-order valence-electron chi connectivity index (χ2n) is 4.95. The fourth-order valence-electron chi connectivity index (χ4n) is 2.04. The first-order valence-electron chi connectivity index (χ1n) is 7.26. The first kappa shape index (κ1) is 19.2. The third kappa shape index (κ3) is 6.45. The highest BCUT2D eigenvalue weighted by Gasteiger charge is 2.21. The van der Waals surface area contributed by atoms with Gasteiger partial charge in [-0.2, -0.15) is 0 Å². The highest BCUT2D eigenvalue weighted by molar-refractivity contribution is 7.92. The van der Waals surface area contributed by atoms with Gasteiger partial charge in [-0.15, -0.1) is 0 Å². The zero-order valence-electron chi connectivity index (χ0n) is 13.7. The van der Waals surface area contributed by atoms with Crippen molar-refractivity contribution in [1.82, 2.24) is 5.32 Å². The van der Waals surface area contributed by atoms with Crippen molar-refractivity contribution in [3.63, 3.8) is 0 Å². The first-order chi connectivity index (χ1) is 10.9. The summed E-state index contributed by atoms with van der Waals surface area (Å²) in [5.74, 6) is 0.239. The number of ether oxygens (including phenoxy) is 2. The fourth-order valence-corrected chi connectivity index (χ4v) is 2.97. The third-order valence-electron chi connectivity index (χ3n) is 3.14. The van der Waals surface area contributed by atoms with Crippen LogP contribution < -0.4 is 14.4 Å². The van der Waals surface area contributed by atoms with E-state index < -0.39 is 10.0 Å². The molecule has 0 aliphatic carbocycles. The van der Waals surface area contributed by atoms with Crippen molar-refractivity contribution in [2.45, 2.75) is 12.8 Å². The lowest BCUT2D eigenvalue weighted by Gasteiger charge is -2.24. The molecular formula is C15H24N2O5S. The van der Waals surface area contributed by atoms with Crippen LogP contribution in [-0.4, -0.2) is 54.5 Å². The molecule has 0 aliphatic rings. The van der Waals surface area contributed by atoms with Gasteiger partial charge in [-0.05, 0) is 18.6 Å². The summed E-state index contributed by atoms with van der Waals surface area (Å²) in [6.07, 6.45) is 1.89. The van der Waals surface area contributed by atoms with E-state index in [2.05, 4.69) is 5.32 Å². The molecule has 7 nitrogen and oxygen atoms in total. The number of sulfonamides is 1. The van der Waals surface area contributed by atoms with Gasteiger partial charge < -0.3 is 14.8 Å². The van der Waals surface area contributed by atoms with E-state index in [9.17, 15) is 13.2 Å². The van der Waals surface area contributed by atoms with Gasteiger partial charge in [-0.3, -0.25) is 9.10 Å². The van der Waals surface area contributed by atoms with Crippen LogP contribution in [0.2, 0.25) is 0 Å². The normalized spacial score (nSPS) is 11.1. The van der Waals surface area contributed by atoms with E-state index in [-0.39, 0.29) is 18.9 Å². The molecule has 0 fully saturated rings. The van der Waals surface area contributed by atoms with Gasteiger partial charge in [0.15, 0.2) is 0 Å². The maximum atomic E-state index is 12.0. The Balaban J connectivity index is 2.72. The van der Waals surface area contributed by atoms with Gasteiger partial charge in [0.25, 0.3) is 0 Å². The molecule has 8 heteroatoms. The minimum atomic E-state index is -3.52. The Morgan fingerprint density at radius 3 is 2.57 bits per heavy atom. The Morgan fingerprint density at radius 1 is 1.26 bits per heavy atom. The molecule has 0 heterocycles. The van der Waals surface area contributed by atoms with E-state index in [1.165, 1.54) is 11.4 Å². The van der Waals surface area contributed by atoms with Crippen molar-refractivity contribution in [2.24, 2.45) is 0 Å². The molecule has 1 aromatic carbocycles. The molecule has 0 radical (unpaired) electrons. The van der Waals surface area contributed by atoms with Crippen LogP contribution in [0.25, 0.3) is 0 Å². The Kier molecular flexibility index (Phi) is 7.84. The van der Waals surface area contributed by atoms with Gasteiger partial charge in [0.1, 0.15) is 5.75 Å². The standard InChI is InChI=1S/C15H24N2O5S/c1-21-12-6-10-16-15(18)9-11-17(23(3,19)20)13-7-4-5-8-14(13)22-2/h4-5,7-8H,6,9-12H2,1-3H3,(H,16,18). The van der Waals surface area contributed by atoms with Crippen LogP contribution in [-0.2, 0) is 19.6 Å². The Hall–Kier alpha value is -1.80. The summed E-state index contributed by atoms with van der Waals surface area (Å²) in [6.45, 7) is 1.12. The largest absolute Gasteiger partial charge is 0.495 e. The molecule has 0 aromatic heterocycles. The summed E-state index contributed by atoms with van der Waals surface area (Å²) in [6, 6.07) is 6.81. The molecule has 130 valence electrons. The lowest BCUT2D eigenvalue weighted by molar-refractivity contribution is -0.120. The molecule has 1 amide bonds. The Bertz CT molecular complexity index is 604. The number of carbonyl (C=O) groups excluding carboxylic acids is 1. The Morgan fingerprint density at radius 2 is 1.96 bits per heavy atom. The second-order valence-corrected chi connectivity index (χ2v) is 6.86. The number of hydrogen-bond acceptors (Lipinski definition) is 5. The fraction of sp³-hybridized carbons (Fsp3) is 0.533. The smallest absolute Gasteiger partial charge is 0.232 e. The average Bonchev–Trinajstić information content (AvgIpc) is 2.51. The van der Waals surface area contributed by atoms with Gasteiger partial charge in [0.2, 0.25) is 15.9 Å². The van der Waals surface area contributed by atoms with E-state index in [0.717, 1.165) is 6.26 Å². The Labute approximate surface area is 137 Å². The maximum Gasteiger partial charge on any atom is 0.232 e. The monoisotopic (exact) mass is 344 g/mol. The van der Waals surface area contributed by atoms with E-state index in [1.54, 1.807) is 31.4 Å². The van der Waals surface area contributed by atoms with Crippen LogP contribution in [0.3, 0.4) is 0 Å². The zero-order chi connectivity index (χ0) is 17.3. The third-order valence-corrected chi connectivity index (χ3v) is 4.32. The van der Waals surface area contributed by atoms with Gasteiger partial charge in [0.05, 0.1) is 19.1 Å². The predicted octanol–water partition coefficient (Wildman–Crippen LogP) is 1.00. The summed E-state index contributed by atoms with van der Waals surface area (Å²) in [5, 5.41) is 2.73. The zero-order valence-corrected chi connectivity index (χ0v) is 14.6. The molecular weight excluding hydrogens is 320 g/mol. The molecule has 23 heavy (non-hydrogen) atoms. The van der Waals surface area contributed by atoms with Gasteiger partial charge in [0, 0.05) is 33.2 Å². The van der Waals surface area contributed by atoms with Gasteiger partial charge >= 0.3 is 0 Å². The summed E-state index contributed by atoms with van der Waals surface area (Å²) >= 11 is 0. The van der Waals surface area contributed by atoms with Crippen LogP contribution in [0.4, 0.5) is 5.69 Å². The van der Waals surface area contributed by atoms with Crippen LogP contribution in [0.5, 0.6) is 5.75 Å². The predicted molar refractivity (Wildman–Crippen MR) is 89.3 cm³/mol. The number of methoxy groups -OCH3 is 2. The number of carbonyl (C=O) groups is 1. The summed E-state index contributed by atoms with van der Waals surface area (Å²) in [5.41, 5.74) is 0.421. The number of amides is 1. The molecule has 0 saturated heterocycles. The number of nitrogens with one attached hydrogen (secondary N) is 1. The summed E-state index contributed by atoms with van der Waals surface area (Å²) in [4.78, 5) is 11.8. The quantitative estimate of drug-likeness (QED) is 0.640. The first-order valence-corrected chi connectivity index (χ1v) is 9.11. The summed E-state index contributed by atoms with van der Waals surface area (Å²) < 4.78 is 35.3. The minimum Gasteiger partial charge on any atom is -0.495 e. The number of benzene rings is 1. The van der Waals surface area contributed by atoms with Crippen molar-refractivity contribution in [1.29, 1.82) is 0 Å². The van der Waals surface area contributed by atoms with Crippen molar-refractivity contribution in [3.05, 3.63) is 24.3 Å². The highest BCUT2D eigenvalue weighted by Crippen LogP contribution is 2.29. The molecule has 1 rings (SSSR count). The molecule has 0 bridgehead atoms. The van der Waals surface area contributed by atoms with Crippen LogP contribution in [0.15, 0.2) is 24.3 Å². The van der Waals surface area contributed by atoms with E-state index in [4.69, 9.17) is 9.47 Å². The topological polar surface area (TPSA) is 84.9 Å². The average molecular weight is 344 g/mol. The van der Waals surface area contributed by atoms with E-state index >= 15 is 0 Å². The van der Waals surface area contributed by atoms with Gasteiger partial charge in [-0.25, -0.2) is 8.42 Å². The van der Waals surface area contributed by atoms with Crippen molar-refractivity contribution >= 4 is 21.6 Å².